The minimum atomic E-state index is -4.95. The van der Waals surface area contributed by atoms with Gasteiger partial charge >= 0.3 is 39.5 Å². The Labute approximate surface area is 556 Å². The van der Waals surface area contributed by atoms with Gasteiger partial charge in [0.15, 0.2) is 12.2 Å². The standard InChI is InChI=1S/C72H140O17P2/c1-7-9-11-13-15-17-19-21-22-23-24-25-27-29-31-36-44-50-56-71(76)88-67(60-82-69(74)54-48-42-35-30-28-26-20-18-16-14-12-10-8-2)62-86-90(78,79)84-58-66(73)59-85-91(80,81)87-63-68(61-83-70(75)55-49-43-39-38-41-47-53-65(5)6)89-72(77)57-51-45-37-33-32-34-40-46-52-64(3)4/h64-68,73H,7-63H2,1-6H3,(H,78,79)(H,80,81)/t66-,67-,68-/m1/s1. The highest BCUT2D eigenvalue weighted by Crippen LogP contribution is 2.45. The molecule has 0 aromatic carbocycles. The molecule has 0 bridgehead atoms. The average Bonchev–Trinajstić information content (AvgIpc) is 2.07. The van der Waals surface area contributed by atoms with Crippen molar-refractivity contribution < 1.29 is 80.2 Å². The summed E-state index contributed by atoms with van der Waals surface area (Å²) in [6.45, 7) is 9.44. The molecule has 0 saturated heterocycles. The number of rotatable bonds is 71. The van der Waals surface area contributed by atoms with Gasteiger partial charge in [0, 0.05) is 25.7 Å². The molecule has 0 spiro atoms. The zero-order valence-corrected chi connectivity index (χ0v) is 60.9. The zero-order valence-electron chi connectivity index (χ0n) is 59.1. The third-order valence-corrected chi connectivity index (χ3v) is 18.6. The molecule has 0 rings (SSSR count). The molecule has 3 N–H and O–H groups in total. The van der Waals surface area contributed by atoms with Crippen molar-refractivity contribution >= 4 is 39.5 Å². The van der Waals surface area contributed by atoms with Crippen LogP contribution in [0.5, 0.6) is 0 Å². The summed E-state index contributed by atoms with van der Waals surface area (Å²) in [5.74, 6) is -0.726. The number of esters is 4. The van der Waals surface area contributed by atoms with Crippen LogP contribution in [0.1, 0.15) is 369 Å². The van der Waals surface area contributed by atoms with Crippen molar-refractivity contribution in [3.8, 4) is 0 Å². The van der Waals surface area contributed by atoms with Crippen molar-refractivity contribution in [1.82, 2.24) is 0 Å². The van der Waals surface area contributed by atoms with Crippen LogP contribution in [0.15, 0.2) is 0 Å². The fraction of sp³-hybridized carbons (Fsp3) is 0.944. The molecule has 540 valence electrons. The second kappa shape index (κ2) is 64.1. The largest absolute Gasteiger partial charge is 0.472 e. The predicted molar refractivity (Wildman–Crippen MR) is 368 cm³/mol. The molecular weight excluding hydrogens is 1200 g/mol. The molecule has 0 aliphatic carbocycles. The van der Waals surface area contributed by atoms with Gasteiger partial charge in [-0.25, -0.2) is 9.13 Å². The molecule has 2 unspecified atom stereocenters. The second-order valence-electron chi connectivity index (χ2n) is 26.9. The van der Waals surface area contributed by atoms with Gasteiger partial charge in [-0.2, -0.15) is 0 Å². The number of aliphatic hydroxyl groups excluding tert-OH is 1. The summed E-state index contributed by atoms with van der Waals surface area (Å²) in [4.78, 5) is 72.6. The Bertz CT molecular complexity index is 1770. The number of hydrogen-bond donors (Lipinski definition) is 3. The Morgan fingerprint density at radius 2 is 0.505 bits per heavy atom. The van der Waals surface area contributed by atoms with E-state index in [1.807, 2.05) is 0 Å². The van der Waals surface area contributed by atoms with Gasteiger partial charge in [-0.05, 0) is 37.5 Å². The predicted octanol–water partition coefficient (Wildman–Crippen LogP) is 20.8. The van der Waals surface area contributed by atoms with Gasteiger partial charge < -0.3 is 33.8 Å². The van der Waals surface area contributed by atoms with Crippen molar-refractivity contribution in [2.75, 3.05) is 39.6 Å². The van der Waals surface area contributed by atoms with E-state index in [1.165, 1.54) is 180 Å². The number of carbonyl (C=O) groups is 4. The number of aliphatic hydroxyl groups is 1. The lowest BCUT2D eigenvalue weighted by Gasteiger charge is -2.21. The number of hydrogen-bond acceptors (Lipinski definition) is 15. The van der Waals surface area contributed by atoms with Crippen molar-refractivity contribution in [2.24, 2.45) is 11.8 Å². The molecule has 91 heavy (non-hydrogen) atoms. The monoisotopic (exact) mass is 1340 g/mol. The molecule has 5 atom stereocenters. The van der Waals surface area contributed by atoms with Gasteiger partial charge in [0.25, 0.3) is 0 Å². The first-order valence-corrected chi connectivity index (χ1v) is 40.5. The first-order valence-electron chi connectivity index (χ1n) is 37.5. The SMILES string of the molecule is CCCCCCCCCCCCCCCCCCCCC(=O)O[C@H](COC(=O)CCCCCCCCCCCCCCC)COP(=O)(O)OC[C@@H](O)COP(=O)(O)OC[C@@H](COC(=O)CCCCCCCCC(C)C)OC(=O)CCCCCCCCCCC(C)C. The van der Waals surface area contributed by atoms with Gasteiger partial charge in [0.05, 0.1) is 26.4 Å². The lowest BCUT2D eigenvalue weighted by Crippen LogP contribution is -2.30. The van der Waals surface area contributed by atoms with Crippen molar-refractivity contribution in [3.05, 3.63) is 0 Å². The number of carbonyl (C=O) groups excluding carboxylic acids is 4. The van der Waals surface area contributed by atoms with E-state index in [-0.39, 0.29) is 25.7 Å². The van der Waals surface area contributed by atoms with E-state index in [4.69, 9.17) is 37.0 Å². The van der Waals surface area contributed by atoms with Crippen LogP contribution in [0, 0.1) is 11.8 Å². The minimum absolute atomic E-state index is 0.104. The number of unbranched alkanes of at least 4 members (excludes halogenated alkanes) is 41. The van der Waals surface area contributed by atoms with Crippen LogP contribution in [-0.2, 0) is 65.4 Å². The molecule has 0 aromatic rings. The summed E-state index contributed by atoms with van der Waals surface area (Å²) < 4.78 is 68.3. The highest BCUT2D eigenvalue weighted by Gasteiger charge is 2.30. The topological polar surface area (TPSA) is 237 Å². The van der Waals surface area contributed by atoms with Gasteiger partial charge in [-0.1, -0.05) is 318 Å². The van der Waals surface area contributed by atoms with Crippen LogP contribution in [0.4, 0.5) is 0 Å². The minimum Gasteiger partial charge on any atom is -0.462 e. The fourth-order valence-electron chi connectivity index (χ4n) is 10.9. The highest BCUT2D eigenvalue weighted by atomic mass is 31.2. The van der Waals surface area contributed by atoms with Crippen LogP contribution in [0.25, 0.3) is 0 Å². The fourth-order valence-corrected chi connectivity index (χ4v) is 12.5. The van der Waals surface area contributed by atoms with Crippen LogP contribution in [-0.4, -0.2) is 96.7 Å². The Balaban J connectivity index is 5.22. The Morgan fingerprint density at radius 3 is 0.747 bits per heavy atom. The van der Waals surface area contributed by atoms with Crippen LogP contribution < -0.4 is 0 Å². The molecule has 0 aliphatic heterocycles. The Hall–Kier alpha value is -1.94. The zero-order chi connectivity index (χ0) is 67.2. The number of phosphoric acid groups is 2. The van der Waals surface area contributed by atoms with Crippen LogP contribution >= 0.6 is 15.6 Å². The summed E-state index contributed by atoms with van der Waals surface area (Å²) in [5, 5.41) is 10.6. The molecular formula is C72H140O17P2. The lowest BCUT2D eigenvalue weighted by molar-refractivity contribution is -0.161. The molecule has 0 heterocycles. The molecule has 17 nitrogen and oxygen atoms in total. The third-order valence-electron chi connectivity index (χ3n) is 16.7. The second-order valence-corrected chi connectivity index (χ2v) is 29.8. The van der Waals surface area contributed by atoms with Crippen molar-refractivity contribution in [1.29, 1.82) is 0 Å². The number of ether oxygens (including phenoxy) is 4. The lowest BCUT2D eigenvalue weighted by atomic mass is 10.0. The molecule has 0 fully saturated rings. The normalized spacial score (nSPS) is 14.1. The Kier molecular flexibility index (Phi) is 62.7. The van der Waals surface area contributed by atoms with E-state index in [0.29, 0.717) is 31.6 Å². The quantitative estimate of drug-likeness (QED) is 0.0222. The first kappa shape index (κ1) is 89.1. The van der Waals surface area contributed by atoms with Gasteiger partial charge in [0.1, 0.15) is 19.3 Å². The molecule has 0 amide bonds. The molecule has 0 aromatic heterocycles. The van der Waals surface area contributed by atoms with Gasteiger partial charge in [-0.15, -0.1) is 0 Å². The first-order chi connectivity index (χ1) is 43.9. The van der Waals surface area contributed by atoms with E-state index >= 15 is 0 Å². The molecule has 0 saturated carbocycles. The molecule has 19 heteroatoms. The summed E-state index contributed by atoms with van der Waals surface area (Å²) in [7, 11) is -9.90. The van der Waals surface area contributed by atoms with Crippen molar-refractivity contribution in [2.45, 2.75) is 387 Å². The molecule has 0 radical (unpaired) electrons. The Morgan fingerprint density at radius 1 is 0.297 bits per heavy atom. The van der Waals surface area contributed by atoms with E-state index in [9.17, 15) is 43.2 Å². The maximum absolute atomic E-state index is 13.0. The van der Waals surface area contributed by atoms with Crippen molar-refractivity contribution in [3.63, 3.8) is 0 Å². The molecule has 0 aliphatic rings. The maximum Gasteiger partial charge on any atom is 0.472 e. The highest BCUT2D eigenvalue weighted by molar-refractivity contribution is 7.47. The van der Waals surface area contributed by atoms with E-state index in [0.717, 1.165) is 102 Å². The summed E-state index contributed by atoms with van der Waals surface area (Å²) in [6.07, 6.45) is 50.2. The third kappa shape index (κ3) is 66.5. The maximum atomic E-state index is 13.0. The van der Waals surface area contributed by atoms with Crippen LogP contribution in [0.2, 0.25) is 0 Å². The van der Waals surface area contributed by atoms with Crippen LogP contribution in [0.3, 0.4) is 0 Å². The summed E-state index contributed by atoms with van der Waals surface area (Å²) in [5.41, 5.74) is 0. The van der Waals surface area contributed by atoms with E-state index in [1.54, 1.807) is 0 Å². The summed E-state index contributed by atoms with van der Waals surface area (Å²) in [6, 6.07) is 0. The van der Waals surface area contributed by atoms with Gasteiger partial charge in [-0.3, -0.25) is 37.3 Å². The number of phosphoric ester groups is 2. The average molecular weight is 1340 g/mol. The smallest absolute Gasteiger partial charge is 0.462 e. The van der Waals surface area contributed by atoms with E-state index < -0.39 is 97.5 Å². The van der Waals surface area contributed by atoms with Gasteiger partial charge in [0.2, 0.25) is 0 Å². The van der Waals surface area contributed by atoms with E-state index in [2.05, 4.69) is 41.5 Å². The summed E-state index contributed by atoms with van der Waals surface area (Å²) >= 11 is 0.